The minimum atomic E-state index is -3.64. The van der Waals surface area contributed by atoms with Crippen LogP contribution in [0.3, 0.4) is 0 Å². The van der Waals surface area contributed by atoms with Gasteiger partial charge in [-0.2, -0.15) is 0 Å². The maximum Gasteiger partial charge on any atom is 0.261 e. The Morgan fingerprint density at radius 2 is 1.68 bits per heavy atom. The van der Waals surface area contributed by atoms with E-state index >= 15 is 0 Å². The Morgan fingerprint density at radius 1 is 1.00 bits per heavy atom. The van der Waals surface area contributed by atoms with Gasteiger partial charge in [0.15, 0.2) is 0 Å². The summed E-state index contributed by atoms with van der Waals surface area (Å²) in [5.74, 6) is -0.325. The number of sulfonamides is 2. The third-order valence-electron chi connectivity index (χ3n) is 4.62. The molecule has 0 saturated heterocycles. The predicted octanol–water partition coefficient (Wildman–Crippen LogP) is 2.31. The van der Waals surface area contributed by atoms with Gasteiger partial charge in [0.2, 0.25) is 20.0 Å². The van der Waals surface area contributed by atoms with E-state index < -0.39 is 20.0 Å². The van der Waals surface area contributed by atoms with E-state index in [4.69, 9.17) is 0 Å². The fraction of sp³-hybridized carbons (Fsp3) is 0.250. The van der Waals surface area contributed by atoms with Crippen LogP contribution in [0.4, 0.5) is 5.69 Å². The number of thiophene rings is 1. The van der Waals surface area contributed by atoms with Crippen LogP contribution in [0.25, 0.3) is 10.1 Å². The van der Waals surface area contributed by atoms with Crippen molar-refractivity contribution in [2.45, 2.75) is 11.8 Å². The quantitative estimate of drug-likeness (QED) is 0.480. The molecule has 1 aromatic heterocycles. The number of hydrogen-bond acceptors (Lipinski definition) is 6. The Balaban J connectivity index is 1.61. The topological polar surface area (TPSA) is 113 Å². The van der Waals surface area contributed by atoms with Crippen molar-refractivity contribution in [2.75, 3.05) is 30.7 Å². The first-order valence-electron chi connectivity index (χ1n) is 9.29. The summed E-state index contributed by atoms with van der Waals surface area (Å²) in [4.78, 5) is 13.1. The number of hydrogen-bond donors (Lipinski definition) is 2. The molecule has 11 heteroatoms. The van der Waals surface area contributed by atoms with Gasteiger partial charge in [0, 0.05) is 24.8 Å². The Kier molecular flexibility index (Phi) is 6.70. The SMILES string of the molecule is Cc1ccc(S(=O)(=O)NCCNC(=O)c2cc3cc(N(C)S(C)(=O)=O)ccc3s2)cc1. The molecule has 0 saturated carbocycles. The van der Waals surface area contributed by atoms with E-state index in [0.29, 0.717) is 10.6 Å². The van der Waals surface area contributed by atoms with Crippen LogP contribution in [0.5, 0.6) is 0 Å². The van der Waals surface area contributed by atoms with Crippen LogP contribution >= 0.6 is 11.3 Å². The number of carbonyl (C=O) groups is 1. The molecule has 2 N–H and O–H groups in total. The standard InChI is InChI=1S/C20H23N3O5S3/c1-14-4-7-17(8-5-14)31(27,28)22-11-10-21-20(24)19-13-15-12-16(6-9-18(15)29-19)23(2)30(3,25)26/h4-9,12-13,22H,10-11H2,1-3H3,(H,21,24). The van der Waals surface area contributed by atoms with Gasteiger partial charge < -0.3 is 5.32 Å². The molecule has 0 bridgehead atoms. The lowest BCUT2D eigenvalue weighted by Gasteiger charge is -2.16. The highest BCUT2D eigenvalue weighted by molar-refractivity contribution is 7.92. The highest BCUT2D eigenvalue weighted by Crippen LogP contribution is 2.29. The summed E-state index contributed by atoms with van der Waals surface area (Å²) < 4.78 is 52.4. The van der Waals surface area contributed by atoms with Crippen molar-refractivity contribution < 1.29 is 21.6 Å². The van der Waals surface area contributed by atoms with Crippen molar-refractivity contribution in [2.24, 2.45) is 0 Å². The molecule has 2 aromatic carbocycles. The van der Waals surface area contributed by atoms with E-state index in [1.807, 2.05) is 6.92 Å². The van der Waals surface area contributed by atoms with Gasteiger partial charge in [-0.15, -0.1) is 11.3 Å². The third-order valence-corrected chi connectivity index (χ3v) is 8.42. The minimum absolute atomic E-state index is 0.0517. The maximum absolute atomic E-state index is 12.4. The molecule has 0 aliphatic carbocycles. The second-order valence-electron chi connectivity index (χ2n) is 7.03. The van der Waals surface area contributed by atoms with Crippen LogP contribution in [0.2, 0.25) is 0 Å². The monoisotopic (exact) mass is 481 g/mol. The Bertz CT molecular complexity index is 1310. The van der Waals surface area contributed by atoms with Gasteiger partial charge in [0.1, 0.15) is 0 Å². The van der Waals surface area contributed by atoms with Crippen LogP contribution in [0.15, 0.2) is 53.4 Å². The molecule has 0 radical (unpaired) electrons. The van der Waals surface area contributed by atoms with E-state index in [-0.39, 0.29) is 23.9 Å². The van der Waals surface area contributed by atoms with Crippen molar-refractivity contribution >= 4 is 53.1 Å². The molecule has 0 atom stereocenters. The van der Waals surface area contributed by atoms with Gasteiger partial charge in [0.05, 0.1) is 21.7 Å². The molecule has 1 heterocycles. The first-order valence-corrected chi connectivity index (χ1v) is 13.4. The smallest absolute Gasteiger partial charge is 0.261 e. The first-order chi connectivity index (χ1) is 14.5. The number of aryl methyl sites for hydroxylation is 1. The van der Waals surface area contributed by atoms with Crippen LogP contribution in [-0.4, -0.2) is 49.1 Å². The Labute approximate surface area is 186 Å². The van der Waals surface area contributed by atoms with E-state index in [9.17, 15) is 21.6 Å². The lowest BCUT2D eigenvalue weighted by atomic mass is 10.2. The van der Waals surface area contributed by atoms with Crippen molar-refractivity contribution in [3.05, 3.63) is 59.0 Å². The van der Waals surface area contributed by atoms with E-state index in [2.05, 4.69) is 10.0 Å². The summed E-state index contributed by atoms with van der Waals surface area (Å²) in [5, 5.41) is 3.45. The number of nitrogens with zero attached hydrogens (tertiary/aromatic N) is 1. The van der Waals surface area contributed by atoms with Gasteiger partial charge in [-0.3, -0.25) is 9.10 Å². The lowest BCUT2D eigenvalue weighted by molar-refractivity contribution is 0.0958. The molecular formula is C20H23N3O5S3. The Hall–Kier alpha value is -2.47. The molecule has 0 spiro atoms. The molecule has 31 heavy (non-hydrogen) atoms. The summed E-state index contributed by atoms with van der Waals surface area (Å²) in [7, 11) is -5.55. The molecule has 8 nitrogen and oxygen atoms in total. The average molecular weight is 482 g/mol. The Morgan fingerprint density at radius 3 is 2.32 bits per heavy atom. The number of fused-ring (bicyclic) bond motifs is 1. The average Bonchev–Trinajstić information content (AvgIpc) is 3.13. The van der Waals surface area contributed by atoms with E-state index in [1.54, 1.807) is 36.4 Å². The summed E-state index contributed by atoms with van der Waals surface area (Å²) >= 11 is 1.28. The number of anilines is 1. The van der Waals surface area contributed by atoms with Crippen LogP contribution in [-0.2, 0) is 20.0 Å². The fourth-order valence-electron chi connectivity index (χ4n) is 2.78. The number of amides is 1. The number of nitrogens with one attached hydrogen (secondary N) is 2. The van der Waals surface area contributed by atoms with E-state index in [0.717, 1.165) is 21.9 Å². The number of rotatable bonds is 8. The summed E-state index contributed by atoms with van der Waals surface area (Å²) in [6.07, 6.45) is 1.12. The molecule has 0 unspecified atom stereocenters. The molecule has 0 aliphatic rings. The molecule has 3 aromatic rings. The highest BCUT2D eigenvalue weighted by atomic mass is 32.2. The zero-order valence-corrected chi connectivity index (χ0v) is 19.7. The minimum Gasteiger partial charge on any atom is -0.350 e. The summed E-state index contributed by atoms with van der Waals surface area (Å²) in [5.41, 5.74) is 1.47. The van der Waals surface area contributed by atoms with Gasteiger partial charge in [0.25, 0.3) is 5.91 Å². The second-order valence-corrected chi connectivity index (χ2v) is 11.9. The van der Waals surface area contributed by atoms with Gasteiger partial charge in [-0.05, 0) is 48.7 Å². The maximum atomic E-state index is 12.4. The van der Waals surface area contributed by atoms with Crippen molar-refractivity contribution in [3.63, 3.8) is 0 Å². The number of benzene rings is 2. The molecule has 0 aliphatic heterocycles. The van der Waals surface area contributed by atoms with Crippen molar-refractivity contribution in [3.8, 4) is 0 Å². The van der Waals surface area contributed by atoms with Crippen molar-refractivity contribution in [1.29, 1.82) is 0 Å². The largest absolute Gasteiger partial charge is 0.350 e. The molecule has 0 fully saturated rings. The van der Waals surface area contributed by atoms with Crippen LogP contribution in [0.1, 0.15) is 15.2 Å². The summed E-state index contributed by atoms with van der Waals surface area (Å²) in [6.45, 7) is 2.05. The number of carbonyl (C=O) groups excluding carboxylic acids is 1. The molecular weight excluding hydrogens is 458 g/mol. The first kappa shape index (κ1) is 23.2. The third kappa shape index (κ3) is 5.62. The highest BCUT2D eigenvalue weighted by Gasteiger charge is 2.16. The lowest BCUT2D eigenvalue weighted by Crippen LogP contribution is -2.34. The second kappa shape index (κ2) is 8.95. The van der Waals surface area contributed by atoms with E-state index in [1.165, 1.54) is 34.8 Å². The molecule has 166 valence electrons. The van der Waals surface area contributed by atoms with Crippen LogP contribution in [0, 0.1) is 6.92 Å². The van der Waals surface area contributed by atoms with Gasteiger partial charge >= 0.3 is 0 Å². The zero-order valence-electron chi connectivity index (χ0n) is 17.2. The fourth-order valence-corrected chi connectivity index (χ4v) is 5.27. The molecule has 1 amide bonds. The van der Waals surface area contributed by atoms with Gasteiger partial charge in [-0.25, -0.2) is 21.6 Å². The van der Waals surface area contributed by atoms with Gasteiger partial charge in [-0.1, -0.05) is 17.7 Å². The van der Waals surface area contributed by atoms with Crippen LogP contribution < -0.4 is 14.3 Å². The molecule has 3 rings (SSSR count). The zero-order chi connectivity index (χ0) is 22.8. The normalized spacial score (nSPS) is 12.1. The predicted molar refractivity (Wildman–Crippen MR) is 124 cm³/mol. The summed E-state index contributed by atoms with van der Waals surface area (Å²) in [6, 6.07) is 13.3. The van der Waals surface area contributed by atoms with Crippen molar-refractivity contribution in [1.82, 2.24) is 10.0 Å².